The number of nitrogens with zero attached hydrogens (tertiary/aromatic N) is 1. The Morgan fingerprint density at radius 1 is 1.54 bits per heavy atom. The zero-order chi connectivity index (χ0) is 8.84. The lowest BCUT2D eigenvalue weighted by Crippen LogP contribution is -2.38. The maximum atomic E-state index is 3.53. The van der Waals surface area contributed by atoms with Gasteiger partial charge in [0.25, 0.3) is 0 Å². The molecule has 3 aliphatic rings. The highest BCUT2D eigenvalue weighted by atomic mass is 15.2. The molecule has 13 heavy (non-hydrogen) atoms. The van der Waals surface area contributed by atoms with Crippen LogP contribution < -0.4 is 5.32 Å². The van der Waals surface area contributed by atoms with E-state index in [1.54, 1.807) is 0 Å². The molecule has 2 aliphatic heterocycles. The van der Waals surface area contributed by atoms with Crippen molar-refractivity contribution < 1.29 is 0 Å². The summed E-state index contributed by atoms with van der Waals surface area (Å²) in [6, 6.07) is 0.665. The number of likely N-dealkylation sites (N-methyl/N-ethyl adjacent to an activating group) is 1. The van der Waals surface area contributed by atoms with E-state index < -0.39 is 0 Å². The molecule has 0 bridgehead atoms. The first kappa shape index (κ1) is 7.63. The Morgan fingerprint density at radius 2 is 2.46 bits per heavy atom. The van der Waals surface area contributed by atoms with Gasteiger partial charge in [-0.3, -0.25) is 4.90 Å². The van der Waals surface area contributed by atoms with Gasteiger partial charge in [-0.1, -0.05) is 12.2 Å². The summed E-state index contributed by atoms with van der Waals surface area (Å²) in [5.74, 6) is 1.66. The SMILES string of the molecule is CN1CC2CCNC3=CC=CC1C32. The van der Waals surface area contributed by atoms with Crippen LogP contribution in [0.4, 0.5) is 0 Å². The zero-order valence-electron chi connectivity index (χ0n) is 8.03. The van der Waals surface area contributed by atoms with E-state index in [2.05, 4.69) is 35.5 Å². The van der Waals surface area contributed by atoms with Gasteiger partial charge in [0.1, 0.15) is 0 Å². The third kappa shape index (κ3) is 0.983. The summed E-state index contributed by atoms with van der Waals surface area (Å²) in [5.41, 5.74) is 1.48. The van der Waals surface area contributed by atoms with Gasteiger partial charge in [0.15, 0.2) is 0 Å². The third-order valence-electron chi connectivity index (χ3n) is 3.69. The molecule has 2 heterocycles. The first-order valence-corrected chi connectivity index (χ1v) is 5.19. The molecule has 1 N–H and O–H groups in total. The molecule has 2 saturated heterocycles. The van der Waals surface area contributed by atoms with Crippen LogP contribution in [0.1, 0.15) is 6.42 Å². The van der Waals surface area contributed by atoms with Gasteiger partial charge in [0, 0.05) is 30.7 Å². The molecule has 1 aliphatic carbocycles. The second kappa shape index (κ2) is 2.61. The first-order valence-electron chi connectivity index (χ1n) is 5.19. The molecular weight excluding hydrogens is 160 g/mol. The van der Waals surface area contributed by atoms with Crippen LogP contribution in [-0.2, 0) is 0 Å². The van der Waals surface area contributed by atoms with E-state index in [0.29, 0.717) is 6.04 Å². The number of piperidine rings is 1. The molecule has 3 rings (SSSR count). The molecule has 2 heteroatoms. The van der Waals surface area contributed by atoms with Gasteiger partial charge in [0.2, 0.25) is 0 Å². The van der Waals surface area contributed by atoms with E-state index in [9.17, 15) is 0 Å². The Labute approximate surface area is 79.3 Å². The average Bonchev–Trinajstić information content (AvgIpc) is 2.47. The van der Waals surface area contributed by atoms with Crippen molar-refractivity contribution in [1.82, 2.24) is 10.2 Å². The van der Waals surface area contributed by atoms with Crippen LogP contribution >= 0.6 is 0 Å². The zero-order valence-corrected chi connectivity index (χ0v) is 8.03. The largest absolute Gasteiger partial charge is 0.388 e. The van der Waals surface area contributed by atoms with Crippen molar-refractivity contribution in [2.24, 2.45) is 11.8 Å². The maximum absolute atomic E-state index is 3.53. The van der Waals surface area contributed by atoms with Crippen molar-refractivity contribution in [3.8, 4) is 0 Å². The number of rotatable bonds is 0. The average molecular weight is 176 g/mol. The van der Waals surface area contributed by atoms with E-state index in [1.807, 2.05) is 0 Å². The quantitative estimate of drug-likeness (QED) is 0.592. The van der Waals surface area contributed by atoms with Crippen LogP contribution in [0.2, 0.25) is 0 Å². The summed E-state index contributed by atoms with van der Waals surface area (Å²) >= 11 is 0. The van der Waals surface area contributed by atoms with Gasteiger partial charge in [-0.05, 0) is 25.5 Å². The second-order valence-corrected chi connectivity index (χ2v) is 4.44. The predicted molar refractivity (Wildman–Crippen MR) is 53.2 cm³/mol. The molecule has 70 valence electrons. The van der Waals surface area contributed by atoms with Gasteiger partial charge >= 0.3 is 0 Å². The Bertz CT molecular complexity index is 280. The Morgan fingerprint density at radius 3 is 3.38 bits per heavy atom. The summed E-state index contributed by atoms with van der Waals surface area (Å²) in [6.07, 6.45) is 8.15. The summed E-state index contributed by atoms with van der Waals surface area (Å²) in [6.45, 7) is 2.44. The normalized spacial score (nSPS) is 42.5. The first-order chi connectivity index (χ1) is 6.36. The lowest BCUT2D eigenvalue weighted by Gasteiger charge is -2.33. The second-order valence-electron chi connectivity index (χ2n) is 4.44. The topological polar surface area (TPSA) is 15.3 Å². The Kier molecular flexibility index (Phi) is 1.53. The molecule has 0 aromatic rings. The van der Waals surface area contributed by atoms with E-state index in [-0.39, 0.29) is 0 Å². The van der Waals surface area contributed by atoms with Gasteiger partial charge < -0.3 is 5.32 Å². The fraction of sp³-hybridized carbons (Fsp3) is 0.636. The van der Waals surface area contributed by atoms with Gasteiger partial charge in [-0.15, -0.1) is 0 Å². The van der Waals surface area contributed by atoms with Gasteiger partial charge in [-0.25, -0.2) is 0 Å². The Balaban J connectivity index is 1.99. The molecule has 3 unspecified atom stereocenters. The molecule has 0 amide bonds. The van der Waals surface area contributed by atoms with Crippen LogP contribution in [0.15, 0.2) is 23.9 Å². The molecule has 0 radical (unpaired) electrons. The molecule has 0 saturated carbocycles. The highest BCUT2D eigenvalue weighted by molar-refractivity contribution is 5.28. The standard InChI is InChI=1S/C11H16N2/c1-13-7-8-5-6-12-9-3-2-4-10(13)11(8)9/h2-4,8,10-12H,5-7H2,1H3. The molecule has 0 spiro atoms. The van der Waals surface area contributed by atoms with Crippen molar-refractivity contribution in [1.29, 1.82) is 0 Å². The van der Waals surface area contributed by atoms with Crippen LogP contribution in [0.3, 0.4) is 0 Å². The minimum absolute atomic E-state index is 0.665. The van der Waals surface area contributed by atoms with E-state index in [1.165, 1.54) is 25.2 Å². The molecule has 0 aromatic carbocycles. The summed E-state index contributed by atoms with van der Waals surface area (Å²) in [4.78, 5) is 2.49. The monoisotopic (exact) mass is 176 g/mol. The van der Waals surface area contributed by atoms with Crippen LogP contribution in [0.25, 0.3) is 0 Å². The minimum atomic E-state index is 0.665. The molecule has 3 atom stereocenters. The van der Waals surface area contributed by atoms with E-state index in [0.717, 1.165) is 11.8 Å². The number of allylic oxidation sites excluding steroid dienone is 2. The highest BCUT2D eigenvalue weighted by Gasteiger charge is 2.42. The van der Waals surface area contributed by atoms with E-state index >= 15 is 0 Å². The van der Waals surface area contributed by atoms with Gasteiger partial charge in [-0.2, -0.15) is 0 Å². The minimum Gasteiger partial charge on any atom is -0.388 e. The third-order valence-corrected chi connectivity index (χ3v) is 3.69. The highest BCUT2D eigenvalue weighted by Crippen LogP contribution is 2.39. The van der Waals surface area contributed by atoms with Crippen molar-refractivity contribution >= 4 is 0 Å². The van der Waals surface area contributed by atoms with Gasteiger partial charge in [0.05, 0.1) is 0 Å². The number of hydrogen-bond donors (Lipinski definition) is 1. The molecule has 0 aromatic heterocycles. The van der Waals surface area contributed by atoms with Crippen LogP contribution in [0, 0.1) is 11.8 Å². The molecule has 2 nitrogen and oxygen atoms in total. The smallest absolute Gasteiger partial charge is 0.0364 e. The fourth-order valence-electron chi connectivity index (χ4n) is 3.10. The summed E-state index contributed by atoms with van der Waals surface area (Å²) in [7, 11) is 2.25. The summed E-state index contributed by atoms with van der Waals surface area (Å²) in [5, 5.41) is 3.53. The predicted octanol–water partition coefficient (Wildman–Crippen LogP) is 0.980. The Hall–Kier alpha value is -0.760. The number of likely N-dealkylation sites (tertiary alicyclic amines) is 1. The lowest BCUT2D eigenvalue weighted by atomic mass is 9.80. The van der Waals surface area contributed by atoms with Crippen molar-refractivity contribution in [3.63, 3.8) is 0 Å². The maximum Gasteiger partial charge on any atom is 0.0364 e. The molecular formula is C11H16N2. The van der Waals surface area contributed by atoms with Crippen molar-refractivity contribution in [2.45, 2.75) is 12.5 Å². The van der Waals surface area contributed by atoms with Crippen LogP contribution in [0.5, 0.6) is 0 Å². The van der Waals surface area contributed by atoms with Crippen molar-refractivity contribution in [3.05, 3.63) is 23.9 Å². The lowest BCUT2D eigenvalue weighted by molar-refractivity contribution is 0.324. The van der Waals surface area contributed by atoms with E-state index in [4.69, 9.17) is 0 Å². The van der Waals surface area contributed by atoms with Crippen molar-refractivity contribution in [2.75, 3.05) is 20.1 Å². The fourth-order valence-corrected chi connectivity index (χ4v) is 3.10. The summed E-state index contributed by atoms with van der Waals surface area (Å²) < 4.78 is 0. The number of nitrogens with one attached hydrogen (secondary N) is 1. The molecule has 2 fully saturated rings. The number of hydrogen-bond acceptors (Lipinski definition) is 2. The van der Waals surface area contributed by atoms with Crippen LogP contribution in [-0.4, -0.2) is 31.1 Å².